The van der Waals surface area contributed by atoms with Crippen LogP contribution in [0.2, 0.25) is 0 Å². The van der Waals surface area contributed by atoms with Crippen molar-refractivity contribution in [1.82, 2.24) is 9.13 Å². The maximum absolute atomic E-state index is 14.0. The van der Waals surface area contributed by atoms with E-state index < -0.39 is 64.2 Å². The van der Waals surface area contributed by atoms with Crippen molar-refractivity contribution in [1.29, 1.82) is 0 Å². The summed E-state index contributed by atoms with van der Waals surface area (Å²) in [5, 5.41) is 0. The van der Waals surface area contributed by atoms with Crippen LogP contribution in [0.5, 0.6) is 5.75 Å². The smallest absolute Gasteiger partial charge is 0.422 e. The highest BCUT2D eigenvalue weighted by Gasteiger charge is 2.42. The zero-order valence-electron chi connectivity index (χ0n) is 20.6. The molecule has 0 aliphatic heterocycles. The van der Waals surface area contributed by atoms with Crippen LogP contribution in [0.3, 0.4) is 0 Å². The third-order valence-electron chi connectivity index (χ3n) is 5.01. The van der Waals surface area contributed by atoms with Gasteiger partial charge in [-0.2, -0.15) is 26.3 Å². The molecular formula is C24H20F7N3O5. The van der Waals surface area contributed by atoms with Gasteiger partial charge in [-0.15, -0.1) is 0 Å². The van der Waals surface area contributed by atoms with Crippen LogP contribution in [-0.2, 0) is 17.1 Å². The number of anilines is 1. The summed E-state index contributed by atoms with van der Waals surface area (Å²) in [5.74, 6) is -2.13. The number of hydrogen-bond acceptors (Lipinski definition) is 5. The van der Waals surface area contributed by atoms with E-state index in [1.165, 1.54) is 20.8 Å². The molecule has 0 spiro atoms. The molecule has 0 aliphatic carbocycles. The zero-order valence-corrected chi connectivity index (χ0v) is 20.6. The largest absolute Gasteiger partial charge is 0.443 e. The molecule has 15 heteroatoms. The molecule has 1 amide bonds. The van der Waals surface area contributed by atoms with Gasteiger partial charge < -0.3 is 9.47 Å². The van der Waals surface area contributed by atoms with Gasteiger partial charge in [0.2, 0.25) is 0 Å². The van der Waals surface area contributed by atoms with Crippen LogP contribution in [0.4, 0.5) is 46.0 Å². The third kappa shape index (κ3) is 6.59. The molecule has 0 saturated carbocycles. The Morgan fingerprint density at radius 2 is 1.49 bits per heavy atom. The van der Waals surface area contributed by atoms with Crippen LogP contribution in [0.25, 0.3) is 5.69 Å². The molecule has 8 nitrogen and oxygen atoms in total. The number of alkyl halides is 6. The Hall–Kier alpha value is -4.30. The second kappa shape index (κ2) is 10.1. The SMILES string of the molecule is CN(C(=O)Oc1c(-n2ccn(C(=O)OC(C)(C)C)c2=O)cc(C(F)(F)F)cc1C(F)(F)F)c1ccc(F)cc1. The summed E-state index contributed by atoms with van der Waals surface area (Å²) in [7, 11) is 1.05. The highest BCUT2D eigenvalue weighted by Crippen LogP contribution is 2.44. The fourth-order valence-electron chi connectivity index (χ4n) is 3.21. The highest BCUT2D eigenvalue weighted by molar-refractivity contribution is 5.89. The lowest BCUT2D eigenvalue weighted by Gasteiger charge is -2.22. The van der Waals surface area contributed by atoms with Gasteiger partial charge >= 0.3 is 30.2 Å². The normalized spacial score (nSPS) is 12.3. The predicted octanol–water partition coefficient (Wildman–Crippen LogP) is 6.23. The molecule has 1 heterocycles. The zero-order chi connectivity index (χ0) is 29.5. The Bertz CT molecular complexity index is 1450. The van der Waals surface area contributed by atoms with Crippen molar-refractivity contribution >= 4 is 17.9 Å². The first-order chi connectivity index (χ1) is 17.8. The molecule has 0 aliphatic rings. The van der Waals surface area contributed by atoms with E-state index in [4.69, 9.17) is 9.47 Å². The summed E-state index contributed by atoms with van der Waals surface area (Å²) in [6.45, 7) is 4.39. The lowest BCUT2D eigenvalue weighted by atomic mass is 10.1. The van der Waals surface area contributed by atoms with Gasteiger partial charge in [0.1, 0.15) is 17.0 Å². The number of halogens is 7. The van der Waals surface area contributed by atoms with E-state index in [-0.39, 0.29) is 22.4 Å². The molecule has 2 aromatic carbocycles. The second-order valence-electron chi connectivity index (χ2n) is 9.07. The van der Waals surface area contributed by atoms with E-state index in [9.17, 15) is 45.1 Å². The van der Waals surface area contributed by atoms with E-state index in [1.54, 1.807) is 0 Å². The molecule has 3 aromatic rings. The van der Waals surface area contributed by atoms with Crippen molar-refractivity contribution in [2.45, 2.75) is 38.7 Å². The Morgan fingerprint density at radius 3 is 2.00 bits per heavy atom. The number of aromatic nitrogens is 2. The first kappa shape index (κ1) is 29.3. The lowest BCUT2D eigenvalue weighted by Crippen LogP contribution is -2.34. The standard InChI is InChI=1S/C24H20F7N3O5/c1-22(2,3)39-21(37)34-10-9-33(19(34)35)17-12-13(23(26,27)28)11-16(24(29,30)31)18(17)38-20(36)32(4)15-7-5-14(25)6-8-15/h5-12H,1-4H3. The molecule has 39 heavy (non-hydrogen) atoms. The number of carbonyl (C=O) groups is 2. The average Bonchev–Trinajstić information content (AvgIpc) is 3.17. The predicted molar refractivity (Wildman–Crippen MR) is 122 cm³/mol. The van der Waals surface area contributed by atoms with Crippen molar-refractivity contribution in [3.05, 3.63) is 76.2 Å². The number of imidazole rings is 1. The first-order valence-electron chi connectivity index (χ1n) is 10.9. The van der Waals surface area contributed by atoms with E-state index in [2.05, 4.69) is 0 Å². The Kier molecular flexibility index (Phi) is 7.59. The minimum absolute atomic E-state index is 0.0309. The van der Waals surface area contributed by atoms with Gasteiger partial charge in [-0.05, 0) is 57.2 Å². The van der Waals surface area contributed by atoms with Gasteiger partial charge in [0.05, 0.1) is 11.3 Å². The minimum atomic E-state index is -5.49. The van der Waals surface area contributed by atoms with Crippen molar-refractivity contribution in [2.75, 3.05) is 11.9 Å². The van der Waals surface area contributed by atoms with Gasteiger partial charge in [-0.1, -0.05) is 0 Å². The maximum Gasteiger partial charge on any atom is 0.422 e. The second-order valence-corrected chi connectivity index (χ2v) is 9.07. The summed E-state index contributed by atoms with van der Waals surface area (Å²) in [5.41, 5.74) is -7.49. The Labute approximate surface area is 215 Å². The van der Waals surface area contributed by atoms with E-state index in [0.29, 0.717) is 15.7 Å². The fourth-order valence-corrected chi connectivity index (χ4v) is 3.21. The summed E-state index contributed by atoms with van der Waals surface area (Å²) < 4.78 is 106. The fraction of sp³-hybridized carbons (Fsp3) is 0.292. The summed E-state index contributed by atoms with van der Waals surface area (Å²) >= 11 is 0. The quantitative estimate of drug-likeness (QED) is 0.353. The number of carbonyl (C=O) groups excluding carboxylic acids is 2. The van der Waals surface area contributed by atoms with Gasteiger partial charge in [0.25, 0.3) is 0 Å². The molecule has 0 saturated heterocycles. The molecule has 0 radical (unpaired) electrons. The van der Waals surface area contributed by atoms with Crippen molar-refractivity contribution < 1.29 is 49.8 Å². The van der Waals surface area contributed by atoms with Crippen LogP contribution >= 0.6 is 0 Å². The van der Waals surface area contributed by atoms with Gasteiger partial charge in [-0.25, -0.2) is 23.3 Å². The molecule has 0 unspecified atom stereocenters. The molecule has 0 bridgehead atoms. The minimum Gasteiger partial charge on any atom is -0.443 e. The van der Waals surface area contributed by atoms with Crippen LogP contribution < -0.4 is 15.3 Å². The molecular weight excluding hydrogens is 543 g/mol. The Balaban J connectivity index is 2.23. The molecule has 0 fully saturated rings. The summed E-state index contributed by atoms with van der Waals surface area (Å²) in [4.78, 5) is 38.7. The Morgan fingerprint density at radius 1 is 0.897 bits per heavy atom. The summed E-state index contributed by atoms with van der Waals surface area (Å²) in [6.07, 6.45) is -12.1. The van der Waals surface area contributed by atoms with Gasteiger partial charge in [0.15, 0.2) is 5.75 Å². The van der Waals surface area contributed by atoms with Gasteiger partial charge in [0, 0.05) is 25.1 Å². The molecule has 0 N–H and O–H groups in total. The van der Waals surface area contributed by atoms with Crippen molar-refractivity contribution in [3.63, 3.8) is 0 Å². The van der Waals surface area contributed by atoms with E-state index in [1.807, 2.05) is 0 Å². The van der Waals surface area contributed by atoms with Crippen molar-refractivity contribution in [2.24, 2.45) is 0 Å². The number of benzene rings is 2. The molecule has 210 valence electrons. The lowest BCUT2D eigenvalue weighted by molar-refractivity contribution is -0.143. The van der Waals surface area contributed by atoms with Crippen LogP contribution in [-0.4, -0.2) is 34.0 Å². The molecule has 3 rings (SSSR count). The summed E-state index contributed by atoms with van der Waals surface area (Å²) in [6, 6.07) is 3.97. The topological polar surface area (TPSA) is 82.8 Å². The van der Waals surface area contributed by atoms with E-state index >= 15 is 0 Å². The average molecular weight is 563 g/mol. The highest BCUT2D eigenvalue weighted by atomic mass is 19.4. The number of hydrogen-bond donors (Lipinski definition) is 0. The number of rotatable bonds is 3. The molecule has 0 atom stereocenters. The molecule has 1 aromatic heterocycles. The maximum atomic E-state index is 14.0. The van der Waals surface area contributed by atoms with Gasteiger partial charge in [-0.3, -0.25) is 9.47 Å². The number of nitrogens with zero attached hydrogens (tertiary/aromatic N) is 3. The van der Waals surface area contributed by atoms with Crippen LogP contribution in [0, 0.1) is 5.82 Å². The third-order valence-corrected chi connectivity index (χ3v) is 5.01. The monoisotopic (exact) mass is 563 g/mol. The van der Waals surface area contributed by atoms with Crippen LogP contribution in [0.1, 0.15) is 31.9 Å². The van der Waals surface area contributed by atoms with E-state index in [0.717, 1.165) is 37.5 Å². The van der Waals surface area contributed by atoms with Crippen molar-refractivity contribution in [3.8, 4) is 11.4 Å². The number of ether oxygens (including phenoxy) is 2. The number of amides is 1. The van der Waals surface area contributed by atoms with Crippen LogP contribution in [0.15, 0.2) is 53.6 Å². The first-order valence-corrected chi connectivity index (χ1v) is 10.9.